The van der Waals surface area contributed by atoms with Crippen LogP contribution in [0.2, 0.25) is 5.02 Å². The van der Waals surface area contributed by atoms with Gasteiger partial charge in [0.1, 0.15) is 12.4 Å². The molecule has 1 aromatic carbocycles. The summed E-state index contributed by atoms with van der Waals surface area (Å²) in [5, 5.41) is 9.05. The molecule has 0 bridgehead atoms. The van der Waals surface area contributed by atoms with Crippen molar-refractivity contribution in [2.45, 2.75) is 13.0 Å². The van der Waals surface area contributed by atoms with Crippen LogP contribution in [0, 0.1) is 0 Å². The minimum Gasteiger partial charge on any atom is -0.490 e. The second kappa shape index (κ2) is 7.50. The fourth-order valence-corrected chi connectivity index (χ4v) is 1.54. The highest BCUT2D eigenvalue weighted by atomic mass is 35.5. The Morgan fingerprint density at radius 2 is 2.12 bits per heavy atom. The SMILES string of the molecule is CC(N)c1ccc(OCCOCCO)c(Cl)c1. The molecule has 0 radical (unpaired) electrons. The number of halogens is 1. The minimum atomic E-state index is -0.0468. The third kappa shape index (κ3) is 4.91. The van der Waals surface area contributed by atoms with Crippen molar-refractivity contribution in [3.05, 3.63) is 28.8 Å². The maximum absolute atomic E-state index is 8.51. The van der Waals surface area contributed by atoms with Crippen molar-refractivity contribution in [3.8, 4) is 5.75 Å². The van der Waals surface area contributed by atoms with E-state index in [4.69, 9.17) is 31.9 Å². The molecule has 0 aliphatic heterocycles. The number of nitrogens with two attached hydrogens (primary N) is 1. The van der Waals surface area contributed by atoms with E-state index in [0.29, 0.717) is 30.6 Å². The summed E-state index contributed by atoms with van der Waals surface area (Å²) in [5.41, 5.74) is 6.72. The maximum atomic E-state index is 8.51. The summed E-state index contributed by atoms with van der Waals surface area (Å²) >= 11 is 6.05. The highest BCUT2D eigenvalue weighted by Gasteiger charge is 2.05. The van der Waals surface area contributed by atoms with Crippen LogP contribution in [0.5, 0.6) is 5.75 Å². The van der Waals surface area contributed by atoms with Crippen molar-refractivity contribution in [3.63, 3.8) is 0 Å². The molecule has 1 aromatic rings. The summed E-state index contributed by atoms with van der Waals surface area (Å²) in [4.78, 5) is 0. The van der Waals surface area contributed by atoms with Crippen molar-refractivity contribution in [1.82, 2.24) is 0 Å². The van der Waals surface area contributed by atoms with E-state index in [2.05, 4.69) is 0 Å². The van der Waals surface area contributed by atoms with Crippen LogP contribution in [0.1, 0.15) is 18.5 Å². The van der Waals surface area contributed by atoms with Gasteiger partial charge in [-0.1, -0.05) is 17.7 Å². The molecule has 1 atom stereocenters. The van der Waals surface area contributed by atoms with Gasteiger partial charge in [-0.3, -0.25) is 0 Å². The summed E-state index contributed by atoms with van der Waals surface area (Å²) in [6.45, 7) is 3.06. The number of hydrogen-bond acceptors (Lipinski definition) is 4. The second-order valence-electron chi connectivity index (χ2n) is 3.66. The normalized spacial score (nSPS) is 12.5. The molecule has 0 aliphatic rings. The van der Waals surface area contributed by atoms with Gasteiger partial charge in [0.25, 0.3) is 0 Å². The zero-order valence-corrected chi connectivity index (χ0v) is 10.6. The maximum Gasteiger partial charge on any atom is 0.138 e. The van der Waals surface area contributed by atoms with E-state index in [1.807, 2.05) is 13.0 Å². The molecule has 4 nitrogen and oxygen atoms in total. The molecule has 96 valence electrons. The van der Waals surface area contributed by atoms with Gasteiger partial charge in [-0.2, -0.15) is 0 Å². The van der Waals surface area contributed by atoms with Gasteiger partial charge < -0.3 is 20.3 Å². The molecule has 0 aliphatic carbocycles. The number of benzene rings is 1. The molecule has 0 spiro atoms. The molecule has 0 fully saturated rings. The van der Waals surface area contributed by atoms with E-state index < -0.39 is 0 Å². The zero-order valence-electron chi connectivity index (χ0n) is 9.86. The third-order valence-electron chi connectivity index (χ3n) is 2.20. The largest absolute Gasteiger partial charge is 0.490 e. The fraction of sp³-hybridized carbons (Fsp3) is 0.500. The minimum absolute atomic E-state index is 0.0177. The topological polar surface area (TPSA) is 64.7 Å². The molecule has 0 heterocycles. The van der Waals surface area contributed by atoms with Crippen LogP contribution in [-0.4, -0.2) is 31.5 Å². The number of ether oxygens (including phenoxy) is 2. The van der Waals surface area contributed by atoms with E-state index in [9.17, 15) is 0 Å². The molecule has 0 saturated heterocycles. The van der Waals surface area contributed by atoms with Crippen LogP contribution in [0.15, 0.2) is 18.2 Å². The van der Waals surface area contributed by atoms with Gasteiger partial charge >= 0.3 is 0 Å². The Morgan fingerprint density at radius 3 is 2.71 bits per heavy atom. The van der Waals surface area contributed by atoms with Crippen LogP contribution in [0.4, 0.5) is 0 Å². The predicted molar refractivity (Wildman–Crippen MR) is 67.5 cm³/mol. The number of hydrogen-bond donors (Lipinski definition) is 2. The Balaban J connectivity index is 2.43. The molecule has 1 unspecified atom stereocenters. The Bertz CT molecular complexity index is 345. The Morgan fingerprint density at radius 1 is 1.35 bits per heavy atom. The van der Waals surface area contributed by atoms with Gasteiger partial charge in [0, 0.05) is 6.04 Å². The van der Waals surface area contributed by atoms with Gasteiger partial charge in [0.2, 0.25) is 0 Å². The molecule has 0 aromatic heterocycles. The molecular formula is C12H18ClNO3. The smallest absolute Gasteiger partial charge is 0.138 e. The van der Waals surface area contributed by atoms with E-state index in [1.165, 1.54) is 0 Å². The molecule has 0 amide bonds. The highest BCUT2D eigenvalue weighted by molar-refractivity contribution is 6.32. The van der Waals surface area contributed by atoms with Gasteiger partial charge in [0.05, 0.1) is 24.8 Å². The molecule has 0 saturated carbocycles. The van der Waals surface area contributed by atoms with Crippen LogP contribution in [0.3, 0.4) is 0 Å². The summed E-state index contributed by atoms with van der Waals surface area (Å²) < 4.78 is 10.5. The first kappa shape index (κ1) is 14.3. The lowest BCUT2D eigenvalue weighted by Gasteiger charge is -2.11. The lowest BCUT2D eigenvalue weighted by atomic mass is 10.1. The fourth-order valence-electron chi connectivity index (χ4n) is 1.29. The molecule has 17 heavy (non-hydrogen) atoms. The monoisotopic (exact) mass is 259 g/mol. The van der Waals surface area contributed by atoms with Crippen molar-refractivity contribution < 1.29 is 14.6 Å². The third-order valence-corrected chi connectivity index (χ3v) is 2.50. The van der Waals surface area contributed by atoms with Crippen LogP contribution >= 0.6 is 11.6 Å². The van der Waals surface area contributed by atoms with E-state index in [1.54, 1.807) is 12.1 Å². The number of aliphatic hydroxyl groups is 1. The van der Waals surface area contributed by atoms with Crippen molar-refractivity contribution in [1.29, 1.82) is 0 Å². The highest BCUT2D eigenvalue weighted by Crippen LogP contribution is 2.27. The Hall–Kier alpha value is -0.810. The second-order valence-corrected chi connectivity index (χ2v) is 4.07. The summed E-state index contributed by atoms with van der Waals surface area (Å²) in [7, 11) is 0. The van der Waals surface area contributed by atoms with E-state index in [-0.39, 0.29) is 12.6 Å². The standard InChI is InChI=1S/C12H18ClNO3/c1-9(14)10-2-3-12(11(13)8-10)17-7-6-16-5-4-15/h2-3,8-9,15H,4-7,14H2,1H3. The van der Waals surface area contributed by atoms with Crippen molar-refractivity contribution in [2.24, 2.45) is 5.73 Å². The molecule has 1 rings (SSSR count). The van der Waals surface area contributed by atoms with Crippen LogP contribution in [-0.2, 0) is 4.74 Å². The Kier molecular flexibility index (Phi) is 6.29. The van der Waals surface area contributed by atoms with Gasteiger partial charge in [-0.15, -0.1) is 0 Å². The lowest BCUT2D eigenvalue weighted by molar-refractivity contribution is 0.0705. The first-order chi connectivity index (χ1) is 8.15. The van der Waals surface area contributed by atoms with Crippen molar-refractivity contribution >= 4 is 11.6 Å². The Labute approximate surface area is 106 Å². The number of rotatable bonds is 7. The molecule has 5 heteroatoms. The summed E-state index contributed by atoms with van der Waals surface area (Å²) in [6.07, 6.45) is 0. The quantitative estimate of drug-likeness (QED) is 0.733. The number of aliphatic hydroxyl groups excluding tert-OH is 1. The van der Waals surface area contributed by atoms with Crippen LogP contribution < -0.4 is 10.5 Å². The van der Waals surface area contributed by atoms with Gasteiger partial charge in [-0.05, 0) is 24.6 Å². The summed E-state index contributed by atoms with van der Waals surface area (Å²) in [5.74, 6) is 0.615. The van der Waals surface area contributed by atoms with E-state index >= 15 is 0 Å². The first-order valence-corrected chi connectivity index (χ1v) is 5.89. The molecular weight excluding hydrogens is 242 g/mol. The van der Waals surface area contributed by atoms with Gasteiger partial charge in [-0.25, -0.2) is 0 Å². The van der Waals surface area contributed by atoms with E-state index in [0.717, 1.165) is 5.56 Å². The van der Waals surface area contributed by atoms with Crippen LogP contribution in [0.25, 0.3) is 0 Å². The average molecular weight is 260 g/mol. The predicted octanol–water partition coefficient (Wildman–Crippen LogP) is 1.75. The van der Waals surface area contributed by atoms with Crippen molar-refractivity contribution in [2.75, 3.05) is 26.4 Å². The molecule has 3 N–H and O–H groups in total. The van der Waals surface area contributed by atoms with Gasteiger partial charge in [0.15, 0.2) is 0 Å². The lowest BCUT2D eigenvalue weighted by Crippen LogP contribution is -2.09. The average Bonchev–Trinajstić information content (AvgIpc) is 2.30. The summed E-state index contributed by atoms with van der Waals surface area (Å²) in [6, 6.07) is 5.44. The zero-order chi connectivity index (χ0) is 12.7. The first-order valence-electron chi connectivity index (χ1n) is 5.51.